The Kier molecular flexibility index (Phi) is 4.18. The summed E-state index contributed by atoms with van der Waals surface area (Å²) in [5.41, 5.74) is 2.19. The number of benzene rings is 2. The molecular formula is C19H14ClN3O3. The number of halogens is 1. The molecule has 0 atom stereocenters. The second kappa shape index (κ2) is 6.65. The van der Waals surface area contributed by atoms with Crippen LogP contribution in [0.2, 0.25) is 5.02 Å². The van der Waals surface area contributed by atoms with Gasteiger partial charge in [0.15, 0.2) is 6.61 Å². The van der Waals surface area contributed by atoms with Gasteiger partial charge in [-0.25, -0.2) is 4.79 Å². The standard InChI is InChI=1S/C19H14ClN3O3/c1-23-10-15(14-7-2-3-8-16(14)23)19(24)25-11-17-21-18(22-26-17)12-5-4-6-13(20)9-12/h2-10H,11H2,1H3. The van der Waals surface area contributed by atoms with Gasteiger partial charge in [-0.2, -0.15) is 4.98 Å². The van der Waals surface area contributed by atoms with Crippen molar-refractivity contribution in [3.05, 3.63) is 71.2 Å². The summed E-state index contributed by atoms with van der Waals surface area (Å²) >= 11 is 5.96. The smallest absolute Gasteiger partial charge is 0.340 e. The third kappa shape index (κ3) is 3.07. The fourth-order valence-electron chi connectivity index (χ4n) is 2.77. The number of esters is 1. The molecule has 130 valence electrons. The number of para-hydroxylation sites is 1. The van der Waals surface area contributed by atoms with Gasteiger partial charge in [0.2, 0.25) is 5.82 Å². The molecule has 0 radical (unpaired) electrons. The first-order valence-corrected chi connectivity index (χ1v) is 8.29. The van der Waals surface area contributed by atoms with Gasteiger partial charge in [-0.05, 0) is 18.2 Å². The number of nitrogens with zero attached hydrogens (tertiary/aromatic N) is 3. The molecule has 0 fully saturated rings. The summed E-state index contributed by atoms with van der Waals surface area (Å²) < 4.78 is 12.4. The molecule has 2 aromatic carbocycles. The molecule has 0 bridgehead atoms. The van der Waals surface area contributed by atoms with Crippen LogP contribution >= 0.6 is 11.6 Å². The van der Waals surface area contributed by atoms with Crippen molar-refractivity contribution in [1.82, 2.24) is 14.7 Å². The third-order valence-electron chi connectivity index (χ3n) is 3.99. The first-order valence-electron chi connectivity index (χ1n) is 7.91. The molecule has 0 aliphatic rings. The van der Waals surface area contributed by atoms with Crippen LogP contribution in [0.3, 0.4) is 0 Å². The summed E-state index contributed by atoms with van der Waals surface area (Å²) in [4.78, 5) is 16.7. The van der Waals surface area contributed by atoms with Crippen LogP contribution in [-0.4, -0.2) is 20.7 Å². The molecule has 4 aromatic rings. The van der Waals surface area contributed by atoms with Crippen LogP contribution in [0.25, 0.3) is 22.3 Å². The fourth-order valence-corrected chi connectivity index (χ4v) is 2.96. The van der Waals surface area contributed by atoms with Crippen LogP contribution in [0.1, 0.15) is 16.2 Å². The van der Waals surface area contributed by atoms with E-state index >= 15 is 0 Å². The van der Waals surface area contributed by atoms with Crippen molar-refractivity contribution in [1.29, 1.82) is 0 Å². The Bertz CT molecular complexity index is 1100. The zero-order valence-corrected chi connectivity index (χ0v) is 14.6. The van der Waals surface area contributed by atoms with Crippen molar-refractivity contribution < 1.29 is 14.1 Å². The Morgan fingerprint density at radius 3 is 2.92 bits per heavy atom. The Morgan fingerprint density at radius 1 is 1.23 bits per heavy atom. The summed E-state index contributed by atoms with van der Waals surface area (Å²) in [6.07, 6.45) is 1.75. The third-order valence-corrected chi connectivity index (χ3v) is 4.23. The largest absolute Gasteiger partial charge is 0.452 e. The van der Waals surface area contributed by atoms with E-state index in [9.17, 15) is 4.79 Å². The highest BCUT2D eigenvalue weighted by Crippen LogP contribution is 2.22. The monoisotopic (exact) mass is 367 g/mol. The highest BCUT2D eigenvalue weighted by molar-refractivity contribution is 6.30. The molecule has 0 saturated carbocycles. The molecule has 0 N–H and O–H groups in total. The van der Waals surface area contributed by atoms with E-state index in [0.717, 1.165) is 16.5 Å². The van der Waals surface area contributed by atoms with Crippen molar-refractivity contribution in [2.75, 3.05) is 0 Å². The number of aromatic nitrogens is 3. The molecule has 26 heavy (non-hydrogen) atoms. The maximum Gasteiger partial charge on any atom is 0.340 e. The van der Waals surface area contributed by atoms with E-state index in [1.54, 1.807) is 24.4 Å². The predicted molar refractivity (Wildman–Crippen MR) is 96.8 cm³/mol. The molecule has 4 rings (SSSR count). The van der Waals surface area contributed by atoms with Crippen LogP contribution in [0, 0.1) is 0 Å². The molecule has 0 amide bonds. The minimum absolute atomic E-state index is 0.102. The van der Waals surface area contributed by atoms with Crippen LogP contribution in [0.15, 0.2) is 59.3 Å². The molecule has 6 nitrogen and oxygen atoms in total. The summed E-state index contributed by atoms with van der Waals surface area (Å²) in [6.45, 7) is -0.102. The minimum atomic E-state index is -0.440. The van der Waals surface area contributed by atoms with E-state index in [1.165, 1.54) is 0 Å². The summed E-state index contributed by atoms with van der Waals surface area (Å²) in [5, 5.41) is 5.31. The number of fused-ring (bicyclic) bond motifs is 1. The first-order chi connectivity index (χ1) is 12.6. The van der Waals surface area contributed by atoms with Crippen molar-refractivity contribution >= 4 is 28.5 Å². The zero-order chi connectivity index (χ0) is 18.1. The number of aryl methyl sites for hydroxylation is 1. The summed E-state index contributed by atoms with van der Waals surface area (Å²) in [6, 6.07) is 14.8. The zero-order valence-electron chi connectivity index (χ0n) is 13.8. The number of rotatable bonds is 4. The number of carbonyl (C=O) groups is 1. The second-order valence-corrected chi connectivity index (χ2v) is 6.21. The SMILES string of the molecule is Cn1cc(C(=O)OCc2nc(-c3cccc(Cl)c3)no2)c2ccccc21. The van der Waals surface area contributed by atoms with Gasteiger partial charge in [-0.15, -0.1) is 0 Å². The lowest BCUT2D eigenvalue weighted by molar-refractivity contribution is 0.0432. The lowest BCUT2D eigenvalue weighted by Gasteiger charge is -2.00. The quantitative estimate of drug-likeness (QED) is 0.504. The Hall–Kier alpha value is -3.12. The van der Waals surface area contributed by atoms with E-state index in [-0.39, 0.29) is 12.5 Å². The van der Waals surface area contributed by atoms with E-state index in [4.69, 9.17) is 20.9 Å². The lowest BCUT2D eigenvalue weighted by atomic mass is 10.2. The topological polar surface area (TPSA) is 70.2 Å². The molecule has 2 aromatic heterocycles. The van der Waals surface area contributed by atoms with Gasteiger partial charge in [0.1, 0.15) is 0 Å². The second-order valence-electron chi connectivity index (χ2n) is 5.77. The first kappa shape index (κ1) is 16.4. The van der Waals surface area contributed by atoms with Crippen LogP contribution in [0.4, 0.5) is 0 Å². The Balaban J connectivity index is 1.50. The van der Waals surface area contributed by atoms with Gasteiger partial charge in [0, 0.05) is 34.7 Å². The molecule has 0 unspecified atom stereocenters. The van der Waals surface area contributed by atoms with Crippen molar-refractivity contribution in [2.24, 2.45) is 7.05 Å². The molecule has 0 spiro atoms. The van der Waals surface area contributed by atoms with Gasteiger partial charge in [-0.1, -0.05) is 47.1 Å². The molecule has 0 aliphatic heterocycles. The van der Waals surface area contributed by atoms with Gasteiger partial charge in [0.05, 0.1) is 5.56 Å². The molecule has 7 heteroatoms. The fraction of sp³-hybridized carbons (Fsp3) is 0.105. The average molecular weight is 368 g/mol. The predicted octanol–water partition coefficient (Wildman–Crippen LogP) is 4.24. The summed E-state index contributed by atoms with van der Waals surface area (Å²) in [5.74, 6) is 0.168. The number of ether oxygens (including phenoxy) is 1. The molecule has 2 heterocycles. The van der Waals surface area contributed by atoms with Gasteiger partial charge in [-0.3, -0.25) is 0 Å². The molecule has 0 saturated heterocycles. The number of hydrogen-bond acceptors (Lipinski definition) is 5. The normalized spacial score (nSPS) is 11.0. The Labute approximate surface area is 154 Å². The number of hydrogen-bond donors (Lipinski definition) is 0. The van der Waals surface area contributed by atoms with Crippen molar-refractivity contribution in [3.63, 3.8) is 0 Å². The molecule has 0 aliphatic carbocycles. The maximum atomic E-state index is 12.4. The van der Waals surface area contributed by atoms with Gasteiger partial charge >= 0.3 is 5.97 Å². The summed E-state index contributed by atoms with van der Waals surface area (Å²) in [7, 11) is 1.88. The number of carbonyl (C=O) groups excluding carboxylic acids is 1. The lowest BCUT2D eigenvalue weighted by Crippen LogP contribution is -2.05. The van der Waals surface area contributed by atoms with Crippen molar-refractivity contribution in [3.8, 4) is 11.4 Å². The average Bonchev–Trinajstić information content (AvgIpc) is 3.25. The van der Waals surface area contributed by atoms with Gasteiger partial charge < -0.3 is 13.8 Å². The highest BCUT2D eigenvalue weighted by atomic mass is 35.5. The van der Waals surface area contributed by atoms with Crippen LogP contribution in [0.5, 0.6) is 0 Å². The van der Waals surface area contributed by atoms with Crippen molar-refractivity contribution in [2.45, 2.75) is 6.61 Å². The molecular weight excluding hydrogens is 354 g/mol. The van der Waals surface area contributed by atoms with Crippen LogP contribution in [-0.2, 0) is 18.4 Å². The highest BCUT2D eigenvalue weighted by Gasteiger charge is 2.17. The Morgan fingerprint density at radius 2 is 2.08 bits per heavy atom. The minimum Gasteiger partial charge on any atom is -0.452 e. The van der Waals surface area contributed by atoms with E-state index < -0.39 is 5.97 Å². The van der Waals surface area contributed by atoms with Crippen LogP contribution < -0.4 is 0 Å². The van der Waals surface area contributed by atoms with E-state index in [0.29, 0.717) is 16.4 Å². The van der Waals surface area contributed by atoms with Gasteiger partial charge in [0.25, 0.3) is 5.89 Å². The van der Waals surface area contributed by atoms with E-state index in [1.807, 2.05) is 41.9 Å². The van der Waals surface area contributed by atoms with E-state index in [2.05, 4.69) is 10.1 Å². The maximum absolute atomic E-state index is 12.4.